The number of amides is 2. The molecule has 1 aliphatic heterocycles. The fourth-order valence-electron chi connectivity index (χ4n) is 4.85. The number of ketones is 1. The summed E-state index contributed by atoms with van der Waals surface area (Å²) >= 11 is 0. The molecular formula is C28H29N3O5. The van der Waals surface area contributed by atoms with Gasteiger partial charge in [-0.25, -0.2) is 0 Å². The number of benzene rings is 2. The largest absolute Gasteiger partial charge is 0.467 e. The minimum absolute atomic E-state index is 0.164. The molecule has 3 aromatic rings. The van der Waals surface area contributed by atoms with Crippen LogP contribution >= 0.6 is 0 Å². The van der Waals surface area contributed by atoms with Gasteiger partial charge in [0.1, 0.15) is 24.0 Å². The van der Waals surface area contributed by atoms with Crippen molar-refractivity contribution in [1.82, 2.24) is 5.32 Å². The summed E-state index contributed by atoms with van der Waals surface area (Å²) in [5.74, 6) is -1.48. The van der Waals surface area contributed by atoms with E-state index in [0.717, 1.165) is 16.7 Å². The number of nitrogens with zero attached hydrogens (tertiary/aromatic N) is 1. The molecule has 36 heavy (non-hydrogen) atoms. The Morgan fingerprint density at radius 1 is 1.11 bits per heavy atom. The average molecular weight is 488 g/mol. The molecule has 2 amide bonds. The van der Waals surface area contributed by atoms with E-state index in [1.165, 1.54) is 6.26 Å². The van der Waals surface area contributed by atoms with Crippen LogP contribution in [0.4, 0.5) is 11.4 Å². The number of fused-ring (bicyclic) bond motifs is 1. The second kappa shape index (κ2) is 10.6. The highest BCUT2D eigenvalue weighted by Crippen LogP contribution is 2.34. The molecule has 0 saturated heterocycles. The zero-order chi connectivity index (χ0) is 25.8. The lowest BCUT2D eigenvalue weighted by molar-refractivity contribution is -0.126. The standard InChI is InChI=1S/C28H29N3O5/c1-17-11-18(2)27(19(3)12-17)21(16-32)25(33)15-31-23-9-5-4-8-22(23)30-28(35)24(31)13-26(34)29-14-20-7-6-10-36-20/h4-12,16,21,24H,13-15H2,1-3H3,(H,29,34)(H,30,35). The van der Waals surface area contributed by atoms with E-state index in [1.807, 2.05) is 32.9 Å². The van der Waals surface area contributed by atoms with E-state index in [9.17, 15) is 19.2 Å². The number of furan rings is 1. The molecule has 0 bridgehead atoms. The molecule has 8 heteroatoms. The van der Waals surface area contributed by atoms with E-state index in [-0.39, 0.29) is 37.1 Å². The molecule has 8 nitrogen and oxygen atoms in total. The fraction of sp³-hybridized carbons (Fsp3) is 0.286. The predicted molar refractivity (Wildman–Crippen MR) is 136 cm³/mol. The number of aryl methyl sites for hydroxylation is 3. The van der Waals surface area contributed by atoms with Crippen molar-refractivity contribution >= 4 is 35.3 Å². The first-order chi connectivity index (χ1) is 17.3. The van der Waals surface area contributed by atoms with Gasteiger partial charge < -0.3 is 24.7 Å². The molecule has 0 spiro atoms. The molecule has 1 aliphatic rings. The molecule has 2 unspecified atom stereocenters. The second-order valence-electron chi connectivity index (χ2n) is 9.10. The lowest BCUT2D eigenvalue weighted by atomic mass is 9.87. The molecular weight excluding hydrogens is 458 g/mol. The van der Waals surface area contributed by atoms with E-state index >= 15 is 0 Å². The number of nitrogens with one attached hydrogen (secondary N) is 2. The van der Waals surface area contributed by atoms with Crippen molar-refractivity contribution in [1.29, 1.82) is 0 Å². The van der Waals surface area contributed by atoms with Gasteiger partial charge >= 0.3 is 0 Å². The minimum Gasteiger partial charge on any atom is -0.467 e. The van der Waals surface area contributed by atoms with Crippen molar-refractivity contribution < 1.29 is 23.6 Å². The molecule has 0 fully saturated rings. The van der Waals surface area contributed by atoms with Crippen LogP contribution in [0.25, 0.3) is 0 Å². The summed E-state index contributed by atoms with van der Waals surface area (Å²) < 4.78 is 5.24. The van der Waals surface area contributed by atoms with Gasteiger partial charge in [0, 0.05) is 0 Å². The van der Waals surface area contributed by atoms with Crippen LogP contribution in [0.1, 0.15) is 40.4 Å². The number of hydrogen-bond acceptors (Lipinski definition) is 6. The molecule has 186 valence electrons. The molecule has 2 atom stereocenters. The number of Topliss-reactive ketones (excluding diaryl/α,β-unsaturated/α-hetero) is 1. The number of anilines is 2. The highest BCUT2D eigenvalue weighted by Gasteiger charge is 2.37. The average Bonchev–Trinajstić information content (AvgIpc) is 3.35. The van der Waals surface area contributed by atoms with Gasteiger partial charge in [-0.3, -0.25) is 14.4 Å². The molecule has 0 aliphatic carbocycles. The zero-order valence-corrected chi connectivity index (χ0v) is 20.5. The van der Waals surface area contributed by atoms with Crippen molar-refractivity contribution in [3.8, 4) is 0 Å². The van der Waals surface area contributed by atoms with Crippen LogP contribution < -0.4 is 15.5 Å². The summed E-state index contributed by atoms with van der Waals surface area (Å²) in [6.07, 6.45) is 2.01. The third-order valence-corrected chi connectivity index (χ3v) is 6.43. The second-order valence-corrected chi connectivity index (χ2v) is 9.10. The Bertz CT molecular complexity index is 1280. The molecule has 2 N–H and O–H groups in total. The number of hydrogen-bond donors (Lipinski definition) is 2. The molecule has 1 aromatic heterocycles. The third-order valence-electron chi connectivity index (χ3n) is 6.43. The van der Waals surface area contributed by atoms with Gasteiger partial charge in [0.05, 0.1) is 37.1 Å². The normalized spacial score (nSPS) is 15.6. The molecule has 4 rings (SSSR count). The maximum Gasteiger partial charge on any atom is 0.247 e. The van der Waals surface area contributed by atoms with Crippen molar-refractivity contribution in [2.45, 2.75) is 45.7 Å². The van der Waals surface area contributed by atoms with Crippen molar-refractivity contribution in [3.63, 3.8) is 0 Å². The van der Waals surface area contributed by atoms with Gasteiger partial charge in [0.15, 0.2) is 5.78 Å². The van der Waals surface area contributed by atoms with Gasteiger partial charge in [0.2, 0.25) is 11.8 Å². The first kappa shape index (κ1) is 24.9. The van der Waals surface area contributed by atoms with Crippen molar-refractivity contribution in [2.75, 3.05) is 16.8 Å². The predicted octanol–water partition coefficient (Wildman–Crippen LogP) is 3.59. The first-order valence-electron chi connectivity index (χ1n) is 11.8. The Kier molecular flexibility index (Phi) is 7.33. The summed E-state index contributed by atoms with van der Waals surface area (Å²) in [7, 11) is 0. The Morgan fingerprint density at radius 2 is 1.83 bits per heavy atom. The number of aldehydes is 1. The van der Waals surface area contributed by atoms with Gasteiger partial charge in [-0.1, -0.05) is 29.8 Å². The summed E-state index contributed by atoms with van der Waals surface area (Å²) in [5.41, 5.74) is 4.63. The van der Waals surface area contributed by atoms with Gasteiger partial charge in [0.25, 0.3) is 0 Å². The number of carbonyl (C=O) groups excluding carboxylic acids is 4. The topological polar surface area (TPSA) is 109 Å². The number of rotatable bonds is 9. The highest BCUT2D eigenvalue weighted by molar-refractivity contribution is 6.08. The van der Waals surface area contributed by atoms with Crippen LogP contribution in [0.15, 0.2) is 59.2 Å². The quantitative estimate of drug-likeness (QED) is 0.353. The minimum atomic E-state index is -0.976. The van der Waals surface area contributed by atoms with Crippen LogP contribution in [0.2, 0.25) is 0 Å². The lowest BCUT2D eigenvalue weighted by Gasteiger charge is -2.37. The highest BCUT2D eigenvalue weighted by atomic mass is 16.3. The SMILES string of the molecule is Cc1cc(C)c(C(C=O)C(=O)CN2c3ccccc3NC(=O)C2CC(=O)NCc2ccco2)c(C)c1. The Balaban J connectivity index is 1.60. The Hall–Kier alpha value is -4.20. The van der Waals surface area contributed by atoms with Crippen molar-refractivity contribution in [3.05, 3.63) is 82.8 Å². The van der Waals surface area contributed by atoms with E-state index in [4.69, 9.17) is 4.42 Å². The van der Waals surface area contributed by atoms with Crippen LogP contribution in [0, 0.1) is 20.8 Å². The third kappa shape index (κ3) is 5.22. The maximum atomic E-state index is 13.5. The van der Waals surface area contributed by atoms with Crippen LogP contribution in [0.5, 0.6) is 0 Å². The molecule has 0 radical (unpaired) electrons. The summed E-state index contributed by atoms with van der Waals surface area (Å²) in [5, 5.41) is 5.58. The van der Waals surface area contributed by atoms with Gasteiger partial charge in [-0.15, -0.1) is 0 Å². The molecule has 2 aromatic carbocycles. The van der Waals surface area contributed by atoms with Gasteiger partial charge in [-0.05, 0) is 61.7 Å². The number of carbonyl (C=O) groups is 4. The first-order valence-corrected chi connectivity index (χ1v) is 11.8. The smallest absolute Gasteiger partial charge is 0.247 e. The van der Waals surface area contributed by atoms with E-state index in [1.54, 1.807) is 41.3 Å². The van der Waals surface area contributed by atoms with Gasteiger partial charge in [-0.2, -0.15) is 0 Å². The molecule has 2 heterocycles. The summed E-state index contributed by atoms with van der Waals surface area (Å²) in [4.78, 5) is 53.1. The maximum absolute atomic E-state index is 13.5. The fourth-order valence-corrected chi connectivity index (χ4v) is 4.85. The zero-order valence-electron chi connectivity index (χ0n) is 20.5. The van der Waals surface area contributed by atoms with E-state index in [0.29, 0.717) is 29.0 Å². The Morgan fingerprint density at radius 3 is 2.50 bits per heavy atom. The van der Waals surface area contributed by atoms with E-state index in [2.05, 4.69) is 10.6 Å². The van der Waals surface area contributed by atoms with Crippen molar-refractivity contribution in [2.24, 2.45) is 0 Å². The van der Waals surface area contributed by atoms with Crippen LogP contribution in [-0.2, 0) is 25.7 Å². The number of para-hydroxylation sites is 2. The molecule has 0 saturated carbocycles. The monoisotopic (exact) mass is 487 g/mol. The van der Waals surface area contributed by atoms with Crippen LogP contribution in [-0.4, -0.2) is 36.5 Å². The Labute approximate surface area is 209 Å². The van der Waals surface area contributed by atoms with E-state index < -0.39 is 12.0 Å². The van der Waals surface area contributed by atoms with Crippen LogP contribution in [0.3, 0.4) is 0 Å². The summed E-state index contributed by atoms with van der Waals surface area (Å²) in [6, 6.07) is 13.5. The lowest BCUT2D eigenvalue weighted by Crippen LogP contribution is -2.52. The summed E-state index contributed by atoms with van der Waals surface area (Å²) in [6.45, 7) is 5.72.